The Kier molecular flexibility index (Phi) is 3.69. The number of rotatable bonds is 4. The Bertz CT molecular complexity index is 732. The van der Waals surface area contributed by atoms with Gasteiger partial charge in [0, 0.05) is 11.1 Å². The molecule has 0 saturated heterocycles. The van der Waals surface area contributed by atoms with Crippen LogP contribution >= 0.6 is 0 Å². The second-order valence-corrected chi connectivity index (χ2v) is 4.83. The van der Waals surface area contributed by atoms with Crippen molar-refractivity contribution in [1.29, 1.82) is 0 Å². The normalized spacial score (nSPS) is 10.6. The zero-order chi connectivity index (χ0) is 14.7. The summed E-state index contributed by atoms with van der Waals surface area (Å²) in [7, 11) is 0. The molecule has 0 aliphatic heterocycles. The third kappa shape index (κ3) is 2.94. The number of benzene rings is 2. The SMILES string of the molecule is CCOc1cccc(-c2n[nH]c(-c3ccc(C)cc3)n2)c1. The maximum atomic E-state index is 5.51. The van der Waals surface area contributed by atoms with Gasteiger partial charge in [0.2, 0.25) is 0 Å². The minimum absolute atomic E-state index is 0.645. The van der Waals surface area contributed by atoms with Gasteiger partial charge in [-0.2, -0.15) is 5.10 Å². The average Bonchev–Trinajstić information content (AvgIpc) is 2.98. The van der Waals surface area contributed by atoms with E-state index in [9.17, 15) is 0 Å². The molecule has 0 aliphatic rings. The summed E-state index contributed by atoms with van der Waals surface area (Å²) < 4.78 is 5.51. The molecular weight excluding hydrogens is 262 g/mol. The first-order chi connectivity index (χ1) is 10.3. The molecular formula is C17H17N3O. The lowest BCUT2D eigenvalue weighted by molar-refractivity contribution is 0.340. The lowest BCUT2D eigenvalue weighted by Crippen LogP contribution is -1.91. The molecule has 0 aliphatic carbocycles. The van der Waals surface area contributed by atoms with Gasteiger partial charge >= 0.3 is 0 Å². The number of hydrogen-bond acceptors (Lipinski definition) is 3. The number of nitrogens with one attached hydrogen (secondary N) is 1. The van der Waals surface area contributed by atoms with Crippen molar-refractivity contribution in [2.24, 2.45) is 0 Å². The van der Waals surface area contributed by atoms with Gasteiger partial charge in [-0.1, -0.05) is 42.0 Å². The maximum Gasteiger partial charge on any atom is 0.181 e. The van der Waals surface area contributed by atoms with Crippen molar-refractivity contribution in [2.45, 2.75) is 13.8 Å². The van der Waals surface area contributed by atoms with Crippen molar-refractivity contribution in [2.75, 3.05) is 6.61 Å². The van der Waals surface area contributed by atoms with Crippen LogP contribution in [0, 0.1) is 6.92 Å². The molecule has 3 aromatic rings. The van der Waals surface area contributed by atoms with E-state index in [0.29, 0.717) is 12.4 Å². The van der Waals surface area contributed by atoms with Crippen LogP contribution in [0.4, 0.5) is 0 Å². The second kappa shape index (κ2) is 5.79. The minimum Gasteiger partial charge on any atom is -0.494 e. The highest BCUT2D eigenvalue weighted by atomic mass is 16.5. The zero-order valence-corrected chi connectivity index (χ0v) is 12.1. The molecule has 21 heavy (non-hydrogen) atoms. The van der Waals surface area contributed by atoms with Crippen molar-refractivity contribution >= 4 is 0 Å². The average molecular weight is 279 g/mol. The topological polar surface area (TPSA) is 50.8 Å². The standard InChI is InChI=1S/C17H17N3O/c1-3-21-15-6-4-5-14(11-15)17-18-16(19-20-17)13-9-7-12(2)8-10-13/h4-11H,3H2,1-2H3,(H,18,19,20). The molecule has 3 rings (SSSR count). The van der Waals surface area contributed by atoms with E-state index in [1.807, 2.05) is 43.3 Å². The van der Waals surface area contributed by atoms with E-state index in [4.69, 9.17) is 4.74 Å². The lowest BCUT2D eigenvalue weighted by Gasteiger charge is -2.03. The van der Waals surface area contributed by atoms with E-state index in [1.165, 1.54) is 5.56 Å². The molecule has 1 aromatic heterocycles. The number of hydrogen-bond donors (Lipinski definition) is 1. The van der Waals surface area contributed by atoms with E-state index in [0.717, 1.165) is 22.7 Å². The highest BCUT2D eigenvalue weighted by Crippen LogP contribution is 2.23. The summed E-state index contributed by atoms with van der Waals surface area (Å²) in [4.78, 5) is 4.56. The maximum absolute atomic E-state index is 5.51. The van der Waals surface area contributed by atoms with E-state index < -0.39 is 0 Å². The molecule has 0 radical (unpaired) electrons. The first kappa shape index (κ1) is 13.4. The summed E-state index contributed by atoms with van der Waals surface area (Å²) in [6, 6.07) is 16.0. The monoisotopic (exact) mass is 279 g/mol. The molecule has 1 heterocycles. The summed E-state index contributed by atoms with van der Waals surface area (Å²) >= 11 is 0. The lowest BCUT2D eigenvalue weighted by atomic mass is 10.1. The highest BCUT2D eigenvalue weighted by Gasteiger charge is 2.08. The largest absolute Gasteiger partial charge is 0.494 e. The molecule has 0 fully saturated rings. The molecule has 4 heteroatoms. The van der Waals surface area contributed by atoms with Crippen LogP contribution in [0.3, 0.4) is 0 Å². The highest BCUT2D eigenvalue weighted by molar-refractivity contribution is 5.62. The Labute approximate surface area is 123 Å². The molecule has 0 atom stereocenters. The van der Waals surface area contributed by atoms with E-state index in [1.54, 1.807) is 0 Å². The number of ether oxygens (including phenoxy) is 1. The Balaban J connectivity index is 1.91. The quantitative estimate of drug-likeness (QED) is 0.789. The summed E-state index contributed by atoms with van der Waals surface area (Å²) in [6.45, 7) is 4.68. The Hall–Kier alpha value is -2.62. The third-order valence-corrected chi connectivity index (χ3v) is 3.21. The van der Waals surface area contributed by atoms with Gasteiger partial charge in [0.05, 0.1) is 6.61 Å². The summed E-state index contributed by atoms with van der Waals surface area (Å²) in [6.07, 6.45) is 0. The van der Waals surface area contributed by atoms with Crippen LogP contribution in [-0.4, -0.2) is 21.8 Å². The number of nitrogens with zero attached hydrogens (tertiary/aromatic N) is 2. The molecule has 0 saturated carbocycles. The molecule has 0 unspecified atom stereocenters. The fourth-order valence-electron chi connectivity index (χ4n) is 2.12. The first-order valence-corrected chi connectivity index (χ1v) is 6.99. The molecule has 106 valence electrons. The molecule has 4 nitrogen and oxygen atoms in total. The fourth-order valence-corrected chi connectivity index (χ4v) is 2.12. The molecule has 1 N–H and O–H groups in total. The van der Waals surface area contributed by atoms with Crippen LogP contribution in [-0.2, 0) is 0 Å². The van der Waals surface area contributed by atoms with Crippen molar-refractivity contribution in [3.63, 3.8) is 0 Å². The van der Waals surface area contributed by atoms with Gasteiger partial charge in [0.15, 0.2) is 11.6 Å². The van der Waals surface area contributed by atoms with Gasteiger partial charge in [0.25, 0.3) is 0 Å². The fraction of sp³-hybridized carbons (Fsp3) is 0.176. The van der Waals surface area contributed by atoms with E-state index in [-0.39, 0.29) is 0 Å². The van der Waals surface area contributed by atoms with Crippen molar-refractivity contribution in [1.82, 2.24) is 15.2 Å². The summed E-state index contributed by atoms with van der Waals surface area (Å²) in [5.74, 6) is 2.27. The van der Waals surface area contributed by atoms with Gasteiger partial charge in [-0.3, -0.25) is 5.10 Å². The van der Waals surface area contributed by atoms with Crippen LogP contribution in [0.5, 0.6) is 5.75 Å². The molecule has 0 spiro atoms. The Morgan fingerprint density at radius 2 is 1.86 bits per heavy atom. The van der Waals surface area contributed by atoms with Crippen molar-refractivity contribution in [3.05, 3.63) is 54.1 Å². The minimum atomic E-state index is 0.645. The zero-order valence-electron chi connectivity index (χ0n) is 12.1. The van der Waals surface area contributed by atoms with Crippen LogP contribution in [0.25, 0.3) is 22.8 Å². The predicted molar refractivity (Wildman–Crippen MR) is 83.2 cm³/mol. The molecule has 2 aromatic carbocycles. The van der Waals surface area contributed by atoms with E-state index >= 15 is 0 Å². The van der Waals surface area contributed by atoms with Gasteiger partial charge in [-0.25, -0.2) is 4.98 Å². The van der Waals surface area contributed by atoms with Crippen LogP contribution in [0.15, 0.2) is 48.5 Å². The Morgan fingerprint density at radius 1 is 1.05 bits per heavy atom. The van der Waals surface area contributed by atoms with Crippen LogP contribution < -0.4 is 4.74 Å². The van der Waals surface area contributed by atoms with Crippen LogP contribution in [0.2, 0.25) is 0 Å². The second-order valence-electron chi connectivity index (χ2n) is 4.83. The predicted octanol–water partition coefficient (Wildman–Crippen LogP) is 3.85. The van der Waals surface area contributed by atoms with Gasteiger partial charge < -0.3 is 4.74 Å². The summed E-state index contributed by atoms with van der Waals surface area (Å²) in [5.41, 5.74) is 3.19. The van der Waals surface area contributed by atoms with Gasteiger partial charge in [-0.05, 0) is 26.0 Å². The molecule has 0 bridgehead atoms. The Morgan fingerprint density at radius 3 is 2.62 bits per heavy atom. The van der Waals surface area contributed by atoms with Crippen molar-refractivity contribution < 1.29 is 4.74 Å². The van der Waals surface area contributed by atoms with Gasteiger partial charge in [0.1, 0.15) is 5.75 Å². The molecule has 0 amide bonds. The number of H-pyrrole nitrogens is 1. The van der Waals surface area contributed by atoms with Crippen LogP contribution in [0.1, 0.15) is 12.5 Å². The van der Waals surface area contributed by atoms with Crippen molar-refractivity contribution in [3.8, 4) is 28.5 Å². The number of aryl methyl sites for hydroxylation is 1. The van der Waals surface area contributed by atoms with Gasteiger partial charge in [-0.15, -0.1) is 0 Å². The third-order valence-electron chi connectivity index (χ3n) is 3.21. The first-order valence-electron chi connectivity index (χ1n) is 6.99. The smallest absolute Gasteiger partial charge is 0.181 e. The number of aromatic amines is 1. The summed E-state index contributed by atoms with van der Waals surface area (Å²) in [5, 5.41) is 7.28. The number of aromatic nitrogens is 3. The van der Waals surface area contributed by atoms with E-state index in [2.05, 4.69) is 34.2 Å².